The molecule has 16 heavy (non-hydrogen) atoms. The molecule has 0 aliphatic rings. The molecule has 1 aromatic carbocycles. The number of benzene rings is 1. The molecule has 0 spiro atoms. The van der Waals surface area contributed by atoms with Gasteiger partial charge in [0.1, 0.15) is 0 Å². The predicted octanol–water partition coefficient (Wildman–Crippen LogP) is 1.41. The number of aliphatic hydroxyl groups excluding tert-OH is 1. The van der Waals surface area contributed by atoms with Gasteiger partial charge in [-0.05, 0) is 31.2 Å². The second kappa shape index (κ2) is 5.20. The third-order valence-corrected chi connectivity index (χ3v) is 2.69. The van der Waals surface area contributed by atoms with E-state index in [-0.39, 0.29) is 4.90 Å². The third kappa shape index (κ3) is 4.09. The van der Waals surface area contributed by atoms with E-state index in [1.807, 2.05) is 0 Å². The van der Waals surface area contributed by atoms with Crippen LogP contribution in [0.3, 0.4) is 0 Å². The molecule has 1 rings (SSSR count). The van der Waals surface area contributed by atoms with Crippen LogP contribution in [-0.4, -0.2) is 30.4 Å². The normalized spacial score (nSPS) is 14.2. The van der Waals surface area contributed by atoms with Crippen molar-refractivity contribution in [3.05, 3.63) is 24.3 Å². The number of rotatable bonds is 4. The van der Waals surface area contributed by atoms with Crippen molar-refractivity contribution in [1.82, 2.24) is 0 Å². The zero-order valence-electron chi connectivity index (χ0n) is 8.74. The summed E-state index contributed by atoms with van der Waals surface area (Å²) in [5.74, 6) is 0. The highest BCUT2D eigenvalue weighted by atomic mass is 32.2. The Labute approximate surface area is 94.2 Å². The molecule has 0 aromatic heterocycles. The lowest BCUT2D eigenvalue weighted by atomic mass is 10.3. The van der Waals surface area contributed by atoms with Crippen LogP contribution in [0.25, 0.3) is 0 Å². The quantitative estimate of drug-likeness (QED) is 0.618. The number of hydrogen-bond donors (Lipinski definition) is 2. The van der Waals surface area contributed by atoms with Crippen molar-refractivity contribution in [2.24, 2.45) is 4.99 Å². The van der Waals surface area contributed by atoms with Gasteiger partial charge >= 0.3 is 0 Å². The number of aliphatic imine (C=N–C) groups is 1. The Morgan fingerprint density at radius 2 is 1.94 bits per heavy atom. The SMILES string of the molecule is CC(O)CC=Nc1ccc(S(=O)(=O)O)cc1. The smallest absolute Gasteiger partial charge is 0.294 e. The highest BCUT2D eigenvalue weighted by molar-refractivity contribution is 7.85. The van der Waals surface area contributed by atoms with Crippen molar-refractivity contribution in [3.63, 3.8) is 0 Å². The molecule has 0 saturated heterocycles. The van der Waals surface area contributed by atoms with Crippen molar-refractivity contribution in [1.29, 1.82) is 0 Å². The average molecular weight is 243 g/mol. The summed E-state index contributed by atoms with van der Waals surface area (Å²) in [4.78, 5) is 3.84. The first-order valence-electron chi connectivity index (χ1n) is 4.68. The van der Waals surface area contributed by atoms with E-state index in [9.17, 15) is 8.42 Å². The van der Waals surface area contributed by atoms with E-state index >= 15 is 0 Å². The van der Waals surface area contributed by atoms with Crippen molar-refractivity contribution < 1.29 is 18.1 Å². The van der Waals surface area contributed by atoms with E-state index in [0.717, 1.165) is 0 Å². The molecule has 0 saturated carbocycles. The van der Waals surface area contributed by atoms with Crippen LogP contribution in [0, 0.1) is 0 Å². The van der Waals surface area contributed by atoms with E-state index in [4.69, 9.17) is 9.66 Å². The standard InChI is InChI=1S/C10H13NO4S/c1-8(12)6-7-11-9-2-4-10(5-3-9)16(13,14)15/h2-5,7-8,12H,6H2,1H3,(H,13,14,15). The van der Waals surface area contributed by atoms with Gasteiger partial charge in [0, 0.05) is 12.6 Å². The van der Waals surface area contributed by atoms with Gasteiger partial charge < -0.3 is 5.11 Å². The van der Waals surface area contributed by atoms with Crippen LogP contribution in [0.15, 0.2) is 34.2 Å². The molecule has 0 radical (unpaired) electrons. The highest BCUT2D eigenvalue weighted by Gasteiger charge is 2.07. The minimum Gasteiger partial charge on any atom is -0.393 e. The fourth-order valence-corrected chi connectivity index (χ4v) is 1.49. The van der Waals surface area contributed by atoms with E-state index < -0.39 is 16.2 Å². The summed E-state index contributed by atoms with van der Waals surface area (Å²) < 4.78 is 30.2. The summed E-state index contributed by atoms with van der Waals surface area (Å²) >= 11 is 0. The Hall–Kier alpha value is -1.24. The van der Waals surface area contributed by atoms with Crippen molar-refractivity contribution in [3.8, 4) is 0 Å². The summed E-state index contributed by atoms with van der Waals surface area (Å²) in [7, 11) is -4.15. The molecule has 0 amide bonds. The van der Waals surface area contributed by atoms with Crippen molar-refractivity contribution in [2.45, 2.75) is 24.3 Å². The molecule has 5 nitrogen and oxygen atoms in total. The van der Waals surface area contributed by atoms with E-state index in [2.05, 4.69) is 4.99 Å². The first-order valence-corrected chi connectivity index (χ1v) is 6.12. The summed E-state index contributed by atoms with van der Waals surface area (Å²) in [6.07, 6.45) is 1.52. The summed E-state index contributed by atoms with van der Waals surface area (Å²) in [6, 6.07) is 5.48. The molecule has 1 unspecified atom stereocenters. The minimum absolute atomic E-state index is 0.165. The maximum absolute atomic E-state index is 10.7. The Morgan fingerprint density at radius 1 is 1.38 bits per heavy atom. The predicted molar refractivity (Wildman–Crippen MR) is 60.7 cm³/mol. The van der Waals surface area contributed by atoms with Gasteiger partial charge in [0.25, 0.3) is 10.1 Å². The maximum atomic E-state index is 10.7. The van der Waals surface area contributed by atoms with Gasteiger partial charge in [0.15, 0.2) is 0 Å². The topological polar surface area (TPSA) is 87.0 Å². The largest absolute Gasteiger partial charge is 0.393 e. The molecule has 6 heteroatoms. The first kappa shape index (κ1) is 12.8. The van der Waals surface area contributed by atoms with Gasteiger partial charge in [-0.15, -0.1) is 0 Å². The van der Waals surface area contributed by atoms with Crippen LogP contribution in [0.4, 0.5) is 5.69 Å². The average Bonchev–Trinajstić information content (AvgIpc) is 2.16. The molecule has 0 fully saturated rings. The van der Waals surface area contributed by atoms with Gasteiger partial charge in [-0.25, -0.2) is 0 Å². The maximum Gasteiger partial charge on any atom is 0.294 e. The zero-order chi connectivity index (χ0) is 12.2. The fourth-order valence-electron chi connectivity index (χ4n) is 1.01. The lowest BCUT2D eigenvalue weighted by Crippen LogP contribution is -1.98. The van der Waals surface area contributed by atoms with Gasteiger partial charge in [-0.2, -0.15) is 8.42 Å². The van der Waals surface area contributed by atoms with E-state index in [1.165, 1.54) is 24.3 Å². The van der Waals surface area contributed by atoms with Crippen LogP contribution in [0.1, 0.15) is 13.3 Å². The van der Waals surface area contributed by atoms with E-state index in [1.54, 1.807) is 13.1 Å². The van der Waals surface area contributed by atoms with Crippen molar-refractivity contribution >= 4 is 22.0 Å². The van der Waals surface area contributed by atoms with Gasteiger partial charge in [0.05, 0.1) is 16.7 Å². The molecule has 0 heterocycles. The Balaban J connectivity index is 2.76. The first-order chi connectivity index (χ1) is 7.39. The molecule has 2 N–H and O–H groups in total. The number of aliphatic hydroxyl groups is 1. The Kier molecular flexibility index (Phi) is 4.17. The summed E-state index contributed by atoms with van der Waals surface area (Å²) in [6.45, 7) is 1.65. The van der Waals surface area contributed by atoms with Gasteiger partial charge in [-0.1, -0.05) is 0 Å². The second-order valence-electron chi connectivity index (χ2n) is 3.37. The second-order valence-corrected chi connectivity index (χ2v) is 4.79. The highest BCUT2D eigenvalue weighted by Crippen LogP contribution is 2.15. The van der Waals surface area contributed by atoms with Crippen LogP contribution in [-0.2, 0) is 10.1 Å². The lowest BCUT2D eigenvalue weighted by molar-refractivity contribution is 0.204. The molecular formula is C10H13NO4S. The number of nitrogens with zero attached hydrogens (tertiary/aromatic N) is 1. The molecule has 0 bridgehead atoms. The third-order valence-electron chi connectivity index (χ3n) is 1.82. The summed E-state index contributed by atoms with van der Waals surface area (Å²) in [5.41, 5.74) is 0.563. The number of hydrogen-bond acceptors (Lipinski definition) is 4. The van der Waals surface area contributed by atoms with Crippen LogP contribution >= 0.6 is 0 Å². The Morgan fingerprint density at radius 3 is 2.38 bits per heavy atom. The molecule has 0 aliphatic heterocycles. The molecule has 88 valence electrons. The monoisotopic (exact) mass is 243 g/mol. The molecule has 1 atom stereocenters. The molecule has 1 aromatic rings. The van der Waals surface area contributed by atoms with Gasteiger partial charge in [0.2, 0.25) is 0 Å². The van der Waals surface area contributed by atoms with Crippen LogP contribution < -0.4 is 0 Å². The zero-order valence-corrected chi connectivity index (χ0v) is 9.55. The van der Waals surface area contributed by atoms with Crippen LogP contribution in [0.2, 0.25) is 0 Å². The lowest BCUT2D eigenvalue weighted by Gasteiger charge is -1.98. The van der Waals surface area contributed by atoms with Crippen molar-refractivity contribution in [2.75, 3.05) is 0 Å². The van der Waals surface area contributed by atoms with Crippen LogP contribution in [0.5, 0.6) is 0 Å². The summed E-state index contributed by atoms with van der Waals surface area (Å²) in [5, 5.41) is 8.98. The fraction of sp³-hybridized carbons (Fsp3) is 0.300. The molecule has 0 aliphatic carbocycles. The van der Waals surface area contributed by atoms with E-state index in [0.29, 0.717) is 12.1 Å². The Bertz CT molecular complexity index is 462. The minimum atomic E-state index is -4.15. The molecular weight excluding hydrogens is 230 g/mol. The van der Waals surface area contributed by atoms with Gasteiger partial charge in [-0.3, -0.25) is 9.55 Å².